The van der Waals surface area contributed by atoms with Gasteiger partial charge < -0.3 is 19.5 Å². The van der Waals surface area contributed by atoms with E-state index in [1.807, 2.05) is 0 Å². The number of methoxy groups -OCH3 is 2. The molecule has 0 radical (unpaired) electrons. The highest BCUT2D eigenvalue weighted by Crippen LogP contribution is 2.28. The molecule has 1 atom stereocenters. The minimum absolute atomic E-state index is 0.0212. The lowest BCUT2D eigenvalue weighted by atomic mass is 10.1. The lowest BCUT2D eigenvalue weighted by molar-refractivity contribution is -0.153. The Balaban J connectivity index is 1.90. The van der Waals surface area contributed by atoms with Crippen LogP contribution in [0.5, 0.6) is 11.5 Å². The normalized spacial score (nSPS) is 11.5. The van der Waals surface area contributed by atoms with E-state index in [2.05, 4.69) is 5.32 Å². The Morgan fingerprint density at radius 3 is 2.34 bits per heavy atom. The highest BCUT2D eigenvalue weighted by molar-refractivity contribution is 5.95. The summed E-state index contributed by atoms with van der Waals surface area (Å²) in [6.07, 6.45) is -0.960. The van der Waals surface area contributed by atoms with Crippen molar-refractivity contribution in [2.24, 2.45) is 0 Å². The molecule has 0 aliphatic carbocycles. The zero-order valence-corrected chi connectivity index (χ0v) is 16.1. The van der Waals surface area contributed by atoms with Gasteiger partial charge >= 0.3 is 5.97 Å². The molecule has 0 unspecified atom stereocenters. The molecule has 1 N–H and O–H groups in total. The van der Waals surface area contributed by atoms with Crippen molar-refractivity contribution in [1.82, 2.24) is 0 Å². The van der Waals surface area contributed by atoms with Gasteiger partial charge in [0, 0.05) is 6.42 Å². The Morgan fingerprint density at radius 1 is 1.00 bits per heavy atom. The van der Waals surface area contributed by atoms with Gasteiger partial charge in [0.2, 0.25) is 0 Å². The zero-order valence-electron chi connectivity index (χ0n) is 16.1. The number of rotatable bonds is 8. The molecular formula is C20H20F3NO5. The Kier molecular flexibility index (Phi) is 7.46. The Bertz CT molecular complexity index is 904. The molecule has 0 bridgehead atoms. The van der Waals surface area contributed by atoms with Crippen LogP contribution in [0.3, 0.4) is 0 Å². The van der Waals surface area contributed by atoms with E-state index in [9.17, 15) is 22.8 Å². The summed E-state index contributed by atoms with van der Waals surface area (Å²) in [5, 5.41) is 2.06. The maximum atomic E-state index is 13.6. The third-order valence-corrected chi connectivity index (χ3v) is 4.04. The Hall–Kier alpha value is -3.23. The van der Waals surface area contributed by atoms with E-state index in [0.29, 0.717) is 24.0 Å². The predicted octanol–water partition coefficient (Wildman–Crippen LogP) is 3.62. The van der Waals surface area contributed by atoms with Gasteiger partial charge in [-0.3, -0.25) is 9.59 Å². The molecule has 0 aliphatic rings. The van der Waals surface area contributed by atoms with Crippen molar-refractivity contribution in [3.05, 3.63) is 53.3 Å². The predicted molar refractivity (Wildman–Crippen MR) is 98.4 cm³/mol. The van der Waals surface area contributed by atoms with Crippen molar-refractivity contribution in [3.8, 4) is 11.5 Å². The number of benzene rings is 2. The van der Waals surface area contributed by atoms with Crippen molar-refractivity contribution in [3.63, 3.8) is 0 Å². The molecule has 6 nitrogen and oxygen atoms in total. The molecule has 9 heteroatoms. The summed E-state index contributed by atoms with van der Waals surface area (Å²) < 4.78 is 55.1. The summed E-state index contributed by atoms with van der Waals surface area (Å²) in [5.41, 5.74) is 0.239. The molecule has 156 valence electrons. The fourth-order valence-electron chi connectivity index (χ4n) is 2.45. The van der Waals surface area contributed by atoms with Crippen molar-refractivity contribution < 1.29 is 37.0 Å². The number of halogens is 3. The van der Waals surface area contributed by atoms with Crippen LogP contribution in [0.25, 0.3) is 0 Å². The van der Waals surface area contributed by atoms with Gasteiger partial charge in [-0.05, 0) is 43.2 Å². The van der Waals surface area contributed by atoms with E-state index >= 15 is 0 Å². The number of ether oxygens (including phenoxy) is 3. The minimum Gasteiger partial charge on any atom is -0.493 e. The van der Waals surface area contributed by atoms with Crippen molar-refractivity contribution in [1.29, 1.82) is 0 Å². The fourth-order valence-corrected chi connectivity index (χ4v) is 2.45. The molecule has 0 heterocycles. The molecule has 2 rings (SSSR count). The van der Waals surface area contributed by atoms with Crippen molar-refractivity contribution in [2.45, 2.75) is 25.9 Å². The summed E-state index contributed by atoms with van der Waals surface area (Å²) in [7, 11) is 3.00. The van der Waals surface area contributed by atoms with E-state index in [-0.39, 0.29) is 6.42 Å². The number of amides is 1. The second-order valence-corrected chi connectivity index (χ2v) is 6.03. The van der Waals surface area contributed by atoms with Gasteiger partial charge in [-0.15, -0.1) is 0 Å². The number of aryl methyl sites for hydroxylation is 1. The van der Waals surface area contributed by atoms with E-state index in [4.69, 9.17) is 14.2 Å². The first-order valence-corrected chi connectivity index (χ1v) is 8.61. The first-order chi connectivity index (χ1) is 13.8. The Labute approximate surface area is 165 Å². The molecule has 0 saturated carbocycles. The molecule has 0 saturated heterocycles. The van der Waals surface area contributed by atoms with E-state index in [0.717, 1.165) is 11.6 Å². The molecule has 1 amide bonds. The highest BCUT2D eigenvalue weighted by atomic mass is 19.2. The first kappa shape index (κ1) is 22.1. The second-order valence-electron chi connectivity index (χ2n) is 6.03. The van der Waals surface area contributed by atoms with Crippen molar-refractivity contribution in [2.75, 3.05) is 19.5 Å². The van der Waals surface area contributed by atoms with Gasteiger partial charge in [-0.25, -0.2) is 13.2 Å². The number of nitrogens with one attached hydrogen (secondary N) is 1. The van der Waals surface area contributed by atoms with Gasteiger partial charge in [-0.1, -0.05) is 6.07 Å². The van der Waals surface area contributed by atoms with Gasteiger partial charge in [0.25, 0.3) is 5.91 Å². The van der Waals surface area contributed by atoms with Crippen LogP contribution in [-0.4, -0.2) is 32.2 Å². The summed E-state index contributed by atoms with van der Waals surface area (Å²) in [5.74, 6) is -5.10. The second kappa shape index (κ2) is 9.81. The maximum Gasteiger partial charge on any atom is 0.306 e. The summed E-state index contributed by atoms with van der Waals surface area (Å²) in [4.78, 5) is 24.0. The Morgan fingerprint density at radius 2 is 1.69 bits per heavy atom. The summed E-state index contributed by atoms with van der Waals surface area (Å²) in [6.45, 7) is 1.28. The van der Waals surface area contributed by atoms with E-state index < -0.39 is 41.1 Å². The average Bonchev–Trinajstić information content (AvgIpc) is 2.72. The molecule has 0 aromatic heterocycles. The molecular weight excluding hydrogens is 391 g/mol. The van der Waals surface area contributed by atoms with Crippen LogP contribution in [0.4, 0.5) is 18.9 Å². The molecule has 0 spiro atoms. The van der Waals surface area contributed by atoms with Gasteiger partial charge in [0.05, 0.1) is 19.9 Å². The summed E-state index contributed by atoms with van der Waals surface area (Å²) >= 11 is 0. The lowest BCUT2D eigenvalue weighted by Gasteiger charge is -2.14. The van der Waals surface area contributed by atoms with Crippen LogP contribution < -0.4 is 14.8 Å². The number of esters is 1. The number of carbonyl (C=O) groups is 2. The lowest BCUT2D eigenvalue weighted by Crippen LogP contribution is -2.30. The van der Waals surface area contributed by atoms with E-state index in [1.165, 1.54) is 21.1 Å². The van der Waals surface area contributed by atoms with Crippen molar-refractivity contribution >= 4 is 17.6 Å². The third-order valence-electron chi connectivity index (χ3n) is 4.04. The standard InChI is InChI=1S/C20H20F3NO5/c1-11(20(26)24-14-7-6-13(21)18(22)19(14)23)29-17(25)9-5-12-4-8-15(27-2)16(10-12)28-3/h4,6-8,10-11H,5,9H2,1-3H3,(H,24,26)/t11-/m1/s1. The fraction of sp³-hybridized carbons (Fsp3) is 0.300. The van der Waals surface area contributed by atoms with E-state index in [1.54, 1.807) is 18.2 Å². The van der Waals surface area contributed by atoms with Crippen LogP contribution in [0, 0.1) is 17.5 Å². The molecule has 2 aromatic rings. The summed E-state index contributed by atoms with van der Waals surface area (Å²) in [6, 6.07) is 6.72. The van der Waals surface area contributed by atoms with Crippen LogP contribution in [0.1, 0.15) is 18.9 Å². The van der Waals surface area contributed by atoms with Crippen LogP contribution in [0.2, 0.25) is 0 Å². The molecule has 29 heavy (non-hydrogen) atoms. The number of anilines is 1. The number of hydrogen-bond acceptors (Lipinski definition) is 5. The smallest absolute Gasteiger partial charge is 0.306 e. The van der Waals surface area contributed by atoms with Crippen LogP contribution in [0.15, 0.2) is 30.3 Å². The highest BCUT2D eigenvalue weighted by Gasteiger charge is 2.21. The maximum absolute atomic E-state index is 13.6. The molecule has 0 fully saturated rings. The first-order valence-electron chi connectivity index (χ1n) is 8.61. The number of hydrogen-bond donors (Lipinski definition) is 1. The van der Waals surface area contributed by atoms with Crippen LogP contribution in [-0.2, 0) is 20.7 Å². The van der Waals surface area contributed by atoms with Gasteiger partial charge in [-0.2, -0.15) is 0 Å². The quantitative estimate of drug-likeness (QED) is 0.531. The SMILES string of the molecule is COc1ccc(CCC(=O)O[C@H](C)C(=O)Nc2ccc(F)c(F)c2F)cc1OC. The van der Waals surface area contributed by atoms with Gasteiger partial charge in [0.15, 0.2) is 35.1 Å². The zero-order chi connectivity index (χ0) is 21.6. The molecule has 0 aliphatic heterocycles. The monoisotopic (exact) mass is 411 g/mol. The topological polar surface area (TPSA) is 73.9 Å². The third kappa shape index (κ3) is 5.63. The van der Waals surface area contributed by atoms with Gasteiger partial charge in [0.1, 0.15) is 0 Å². The average molecular weight is 411 g/mol. The van der Waals surface area contributed by atoms with Crippen LogP contribution >= 0.6 is 0 Å². The minimum atomic E-state index is -1.71. The number of carbonyl (C=O) groups excluding carboxylic acids is 2. The molecule has 2 aromatic carbocycles. The largest absolute Gasteiger partial charge is 0.493 e.